The van der Waals surface area contributed by atoms with E-state index in [1.165, 1.54) is 79.4 Å². The van der Waals surface area contributed by atoms with E-state index in [4.69, 9.17) is 0 Å². The number of rotatable bonds is 20. The number of carbonyl (C=O) groups is 1. The lowest BCUT2D eigenvalue weighted by molar-refractivity contribution is 0.112. The molecule has 264 valence electrons. The number of anilines is 2. The number of unbranched alkanes of at least 4 members (excludes halogenated alkanes) is 4. The van der Waals surface area contributed by atoms with Crippen LogP contribution in [0.4, 0.5) is 11.4 Å². The van der Waals surface area contributed by atoms with Gasteiger partial charge in [-0.1, -0.05) is 163 Å². The second kappa shape index (κ2) is 23.7. The average Bonchev–Trinajstić information content (AvgIpc) is 3.17. The standard InChI is InChI=1S/C24H31N.C23H29NO/c1-4-7-19-25(20-8-5-2)24-17-15-23(16-18-24)14-13-22-11-9-21(6-3)10-12-22;1-3-5-17-24(18-6-4-2)23-15-13-21(14-16-23)8-7-20-9-11-22(19-25)12-10-20/h6,9-18H,3-5,7-8,19-20H2,1-2H3;7-16,19H,3-6,17-18H2,1-2H3/b14-13+;8-7+. The molecule has 0 saturated heterocycles. The van der Waals surface area contributed by atoms with Crippen LogP contribution in [0.15, 0.2) is 104 Å². The lowest BCUT2D eigenvalue weighted by atomic mass is 10.1. The highest BCUT2D eigenvalue weighted by Gasteiger charge is 2.06. The molecule has 4 rings (SSSR count). The highest BCUT2D eigenvalue weighted by atomic mass is 16.1. The summed E-state index contributed by atoms with van der Waals surface area (Å²) in [5, 5.41) is 0. The van der Waals surface area contributed by atoms with E-state index in [9.17, 15) is 4.79 Å². The Morgan fingerprint density at radius 2 is 0.680 bits per heavy atom. The van der Waals surface area contributed by atoms with Gasteiger partial charge in [0.2, 0.25) is 0 Å². The van der Waals surface area contributed by atoms with Gasteiger partial charge < -0.3 is 9.80 Å². The third-order valence-corrected chi connectivity index (χ3v) is 8.82. The third-order valence-electron chi connectivity index (χ3n) is 8.82. The first-order chi connectivity index (χ1) is 24.5. The molecule has 0 spiro atoms. The van der Waals surface area contributed by atoms with Crippen LogP contribution in [0, 0.1) is 0 Å². The molecule has 0 aromatic heterocycles. The summed E-state index contributed by atoms with van der Waals surface area (Å²) in [6, 6.07) is 33.8. The summed E-state index contributed by atoms with van der Waals surface area (Å²) in [4.78, 5) is 15.7. The molecule has 0 heterocycles. The monoisotopic (exact) mass is 668 g/mol. The summed E-state index contributed by atoms with van der Waals surface area (Å²) >= 11 is 0. The topological polar surface area (TPSA) is 23.6 Å². The molecule has 0 radical (unpaired) electrons. The predicted octanol–water partition coefficient (Wildman–Crippen LogP) is 13.0. The van der Waals surface area contributed by atoms with E-state index in [1.807, 2.05) is 30.3 Å². The van der Waals surface area contributed by atoms with Crippen molar-refractivity contribution >= 4 is 48.0 Å². The Hall–Kier alpha value is -4.63. The fourth-order valence-corrected chi connectivity index (χ4v) is 5.54. The van der Waals surface area contributed by atoms with Gasteiger partial charge in [-0.2, -0.15) is 0 Å². The molecule has 0 aliphatic heterocycles. The Morgan fingerprint density at radius 3 is 0.940 bits per heavy atom. The van der Waals surface area contributed by atoms with Crippen LogP contribution >= 0.6 is 0 Å². The van der Waals surface area contributed by atoms with Crippen molar-refractivity contribution in [3.8, 4) is 0 Å². The normalized spacial score (nSPS) is 11.0. The van der Waals surface area contributed by atoms with Crippen LogP contribution in [-0.2, 0) is 0 Å². The van der Waals surface area contributed by atoms with Crippen LogP contribution in [0.2, 0.25) is 0 Å². The van der Waals surface area contributed by atoms with Crippen LogP contribution < -0.4 is 9.80 Å². The molecule has 4 aromatic rings. The molecule has 0 atom stereocenters. The molecule has 3 nitrogen and oxygen atoms in total. The van der Waals surface area contributed by atoms with E-state index in [2.05, 4.69) is 141 Å². The summed E-state index contributed by atoms with van der Waals surface area (Å²) in [6.45, 7) is 17.4. The molecule has 0 N–H and O–H groups in total. The number of carbonyl (C=O) groups excluding carboxylic acids is 1. The molecule has 0 aliphatic rings. The highest BCUT2D eigenvalue weighted by Crippen LogP contribution is 2.20. The second-order valence-electron chi connectivity index (χ2n) is 12.9. The van der Waals surface area contributed by atoms with Crippen LogP contribution in [0.5, 0.6) is 0 Å². The summed E-state index contributed by atoms with van der Waals surface area (Å²) in [5.41, 5.74) is 9.26. The quantitative estimate of drug-likeness (QED) is 0.0692. The maximum Gasteiger partial charge on any atom is 0.150 e. The summed E-state index contributed by atoms with van der Waals surface area (Å²) < 4.78 is 0. The number of hydrogen-bond donors (Lipinski definition) is 0. The van der Waals surface area contributed by atoms with Crippen LogP contribution in [0.1, 0.15) is 117 Å². The van der Waals surface area contributed by atoms with Crippen molar-refractivity contribution in [1.82, 2.24) is 0 Å². The number of nitrogens with zero attached hydrogens (tertiary/aromatic N) is 2. The van der Waals surface area contributed by atoms with Gasteiger partial charge in [-0.15, -0.1) is 0 Å². The van der Waals surface area contributed by atoms with E-state index in [1.54, 1.807) is 0 Å². The number of hydrogen-bond acceptors (Lipinski definition) is 3. The largest absolute Gasteiger partial charge is 0.372 e. The zero-order valence-corrected chi connectivity index (χ0v) is 31.2. The number of benzene rings is 4. The SMILES string of the molecule is C=Cc1ccc(/C=C/c2ccc(N(CCCC)CCCC)cc2)cc1.CCCCN(CCCC)c1ccc(/C=C/c2ccc(C=O)cc2)cc1. The molecular weight excluding hydrogens is 609 g/mol. The van der Waals surface area contributed by atoms with E-state index in [-0.39, 0.29) is 0 Å². The fourth-order valence-electron chi connectivity index (χ4n) is 5.54. The van der Waals surface area contributed by atoms with Gasteiger partial charge in [-0.3, -0.25) is 4.79 Å². The van der Waals surface area contributed by atoms with E-state index < -0.39 is 0 Å². The van der Waals surface area contributed by atoms with Gasteiger partial charge in [0.25, 0.3) is 0 Å². The Bertz CT molecular complexity index is 1410. The lowest BCUT2D eigenvalue weighted by Gasteiger charge is -2.24. The Morgan fingerprint density at radius 1 is 0.420 bits per heavy atom. The zero-order valence-electron chi connectivity index (χ0n) is 31.2. The van der Waals surface area contributed by atoms with Crippen molar-refractivity contribution in [2.75, 3.05) is 36.0 Å². The van der Waals surface area contributed by atoms with E-state index >= 15 is 0 Å². The first-order valence-corrected chi connectivity index (χ1v) is 18.9. The second-order valence-corrected chi connectivity index (χ2v) is 12.9. The van der Waals surface area contributed by atoms with Gasteiger partial charge in [0, 0.05) is 43.1 Å². The van der Waals surface area contributed by atoms with Gasteiger partial charge in [0.05, 0.1) is 0 Å². The molecule has 50 heavy (non-hydrogen) atoms. The fraction of sp³-hybridized carbons (Fsp3) is 0.340. The van der Waals surface area contributed by atoms with Gasteiger partial charge in [0.1, 0.15) is 6.29 Å². The highest BCUT2D eigenvalue weighted by molar-refractivity contribution is 5.77. The molecule has 3 heteroatoms. The molecule has 0 saturated carbocycles. The minimum absolute atomic E-state index is 0.709. The summed E-state index contributed by atoms with van der Waals surface area (Å²) in [7, 11) is 0. The smallest absolute Gasteiger partial charge is 0.150 e. The molecule has 0 bridgehead atoms. The van der Waals surface area contributed by atoms with Crippen molar-refractivity contribution in [3.05, 3.63) is 137 Å². The van der Waals surface area contributed by atoms with Crippen LogP contribution in [0.3, 0.4) is 0 Å². The molecule has 0 aliphatic carbocycles. The Labute approximate surface area is 304 Å². The molecular formula is C47H60N2O. The Kier molecular flexibility index (Phi) is 18.8. The van der Waals surface area contributed by atoms with Crippen molar-refractivity contribution in [2.24, 2.45) is 0 Å². The van der Waals surface area contributed by atoms with Gasteiger partial charge in [-0.05, 0) is 77.8 Å². The van der Waals surface area contributed by atoms with Crippen molar-refractivity contribution in [3.63, 3.8) is 0 Å². The van der Waals surface area contributed by atoms with Gasteiger partial charge in [-0.25, -0.2) is 0 Å². The van der Waals surface area contributed by atoms with Crippen molar-refractivity contribution in [2.45, 2.75) is 79.1 Å². The molecule has 4 aromatic carbocycles. The molecule has 0 unspecified atom stereocenters. The minimum atomic E-state index is 0.709. The van der Waals surface area contributed by atoms with Gasteiger partial charge in [0.15, 0.2) is 0 Å². The first-order valence-electron chi connectivity index (χ1n) is 18.9. The Balaban J connectivity index is 0.000000270. The van der Waals surface area contributed by atoms with E-state index in [0.29, 0.717) is 5.56 Å². The maximum absolute atomic E-state index is 10.7. The zero-order chi connectivity index (χ0) is 35.8. The maximum atomic E-state index is 10.7. The van der Waals surface area contributed by atoms with E-state index in [0.717, 1.165) is 43.6 Å². The van der Waals surface area contributed by atoms with Gasteiger partial charge >= 0.3 is 0 Å². The van der Waals surface area contributed by atoms with Crippen LogP contribution in [-0.4, -0.2) is 32.5 Å². The third kappa shape index (κ3) is 14.5. The summed E-state index contributed by atoms with van der Waals surface area (Å²) in [6.07, 6.45) is 21.2. The summed E-state index contributed by atoms with van der Waals surface area (Å²) in [5.74, 6) is 0. The molecule has 0 amide bonds. The first kappa shape index (κ1) is 39.8. The molecule has 0 fully saturated rings. The minimum Gasteiger partial charge on any atom is -0.372 e. The average molecular weight is 669 g/mol. The number of aldehydes is 1. The predicted molar refractivity (Wildman–Crippen MR) is 223 cm³/mol. The van der Waals surface area contributed by atoms with Crippen molar-refractivity contribution in [1.29, 1.82) is 0 Å². The van der Waals surface area contributed by atoms with Crippen molar-refractivity contribution < 1.29 is 4.79 Å². The lowest BCUT2D eigenvalue weighted by Crippen LogP contribution is -2.25. The van der Waals surface area contributed by atoms with Crippen LogP contribution in [0.25, 0.3) is 30.4 Å².